The van der Waals surface area contributed by atoms with Gasteiger partial charge in [-0.15, -0.1) is 0 Å². The highest BCUT2D eigenvalue weighted by atomic mass is 16.7. The van der Waals surface area contributed by atoms with Gasteiger partial charge in [0.2, 0.25) is 23.6 Å². The molecule has 2 heterocycles. The van der Waals surface area contributed by atoms with Crippen LogP contribution in [0.5, 0.6) is 0 Å². The van der Waals surface area contributed by atoms with E-state index in [0.29, 0.717) is 12.8 Å². The molecule has 2 aliphatic heterocycles. The number of ether oxygens (including phenoxy) is 4. The molecule has 0 spiro atoms. The van der Waals surface area contributed by atoms with Crippen LogP contribution < -0.4 is 16.0 Å². The van der Waals surface area contributed by atoms with E-state index in [2.05, 4.69) is 16.0 Å². The first-order valence-electron chi connectivity index (χ1n) is 16.2. The minimum absolute atomic E-state index is 0.0368. The normalized spacial score (nSPS) is 30.7. The van der Waals surface area contributed by atoms with Crippen LogP contribution in [0.2, 0.25) is 0 Å². The molecule has 17 nitrogen and oxygen atoms in total. The van der Waals surface area contributed by atoms with Crippen LogP contribution in [0.3, 0.4) is 0 Å². The third kappa shape index (κ3) is 13.5. The Kier molecular flexibility index (Phi) is 18.0. The fraction of sp³-hybridized carbons (Fsp3) is 0.867. The van der Waals surface area contributed by atoms with E-state index >= 15 is 0 Å². The quantitative estimate of drug-likeness (QED) is 0.0640. The zero-order valence-corrected chi connectivity index (χ0v) is 27.7. The van der Waals surface area contributed by atoms with Crippen molar-refractivity contribution < 1.29 is 63.7 Å². The van der Waals surface area contributed by atoms with E-state index in [1.54, 1.807) is 13.8 Å². The molecular weight excluding hydrogens is 624 g/mol. The monoisotopic (exact) mass is 678 g/mol. The van der Waals surface area contributed by atoms with Crippen LogP contribution in [0.4, 0.5) is 0 Å². The van der Waals surface area contributed by atoms with Gasteiger partial charge in [0.05, 0.1) is 31.5 Å². The van der Waals surface area contributed by atoms with Crippen LogP contribution in [0.15, 0.2) is 0 Å². The van der Waals surface area contributed by atoms with Crippen molar-refractivity contribution in [2.24, 2.45) is 5.92 Å². The van der Waals surface area contributed by atoms with Gasteiger partial charge in [0, 0.05) is 64.8 Å². The van der Waals surface area contributed by atoms with Gasteiger partial charge in [0.1, 0.15) is 24.4 Å². The van der Waals surface area contributed by atoms with Gasteiger partial charge in [-0.1, -0.05) is 6.92 Å². The van der Waals surface area contributed by atoms with E-state index in [4.69, 9.17) is 18.9 Å². The number of carbonyl (C=O) groups is 4. The summed E-state index contributed by atoms with van der Waals surface area (Å²) in [7, 11) is 1.53. The molecule has 2 rings (SSSR count). The number of rotatable bonds is 19. The van der Waals surface area contributed by atoms with Crippen LogP contribution in [0.1, 0.15) is 59.3 Å². The molecule has 4 amide bonds. The van der Waals surface area contributed by atoms with Crippen molar-refractivity contribution in [3.63, 3.8) is 0 Å². The van der Waals surface area contributed by atoms with Crippen LogP contribution >= 0.6 is 0 Å². The van der Waals surface area contributed by atoms with Crippen molar-refractivity contribution in [1.82, 2.24) is 20.9 Å². The number of hydrogen-bond donors (Lipinski definition) is 8. The van der Waals surface area contributed by atoms with Crippen molar-refractivity contribution in [3.8, 4) is 0 Å². The number of aliphatic hydroxyl groups excluding tert-OH is 5. The Morgan fingerprint density at radius 3 is 1.66 bits per heavy atom. The number of amides is 4. The summed E-state index contributed by atoms with van der Waals surface area (Å²) >= 11 is 0. The largest absolute Gasteiger partial charge is 0.390 e. The lowest BCUT2D eigenvalue weighted by Crippen LogP contribution is -2.57. The molecule has 17 heteroatoms. The first kappa shape index (κ1) is 40.7. The smallest absolute Gasteiger partial charge is 0.222 e. The molecule has 0 radical (unpaired) electrons. The standard InChI is InChI=1S/C30H54N4O13/c1-17-24(39)18(2)46-29(25(17)40)44-15-11-32-21(36)9-13-34(23(38)8-6-5-7-20(35)31-4)14-10-22(37)33-12-16-45-30-28(43)27(42)26(41)19(3)47-30/h17-19,24-30,39-43H,5-16H2,1-4H3,(H,31,35)(H,32,36)(H,33,37)/t17-,18+,19+,24+,25+,26-,27-,28+,29-,30-/m1/s1. The van der Waals surface area contributed by atoms with E-state index in [9.17, 15) is 44.7 Å². The third-order valence-corrected chi connectivity index (χ3v) is 8.30. The summed E-state index contributed by atoms with van der Waals surface area (Å²) < 4.78 is 21.8. The summed E-state index contributed by atoms with van der Waals surface area (Å²) in [6, 6.07) is 0. The number of carbonyl (C=O) groups excluding carboxylic acids is 4. The molecule has 0 aromatic heterocycles. The number of hydrogen-bond acceptors (Lipinski definition) is 13. The van der Waals surface area contributed by atoms with Crippen LogP contribution in [0, 0.1) is 5.92 Å². The Hall–Kier alpha value is -2.48. The third-order valence-electron chi connectivity index (χ3n) is 8.30. The molecule has 272 valence electrons. The second-order valence-corrected chi connectivity index (χ2v) is 11.9. The average molecular weight is 679 g/mol. The molecule has 0 aromatic carbocycles. The molecule has 47 heavy (non-hydrogen) atoms. The van der Waals surface area contributed by atoms with Crippen molar-refractivity contribution in [3.05, 3.63) is 0 Å². The molecular formula is C30H54N4O13. The summed E-state index contributed by atoms with van der Waals surface area (Å²) in [6.45, 7) is 5.17. The predicted molar refractivity (Wildman–Crippen MR) is 164 cm³/mol. The molecule has 0 bridgehead atoms. The summed E-state index contributed by atoms with van der Waals surface area (Å²) in [6.07, 6.45) is -8.10. The Balaban J connectivity index is 1.77. The lowest BCUT2D eigenvalue weighted by atomic mass is 9.91. The van der Waals surface area contributed by atoms with Gasteiger partial charge in [-0.3, -0.25) is 19.2 Å². The molecule has 0 unspecified atom stereocenters. The molecule has 0 aromatic rings. The van der Waals surface area contributed by atoms with Gasteiger partial charge in [-0.2, -0.15) is 0 Å². The Morgan fingerprint density at radius 1 is 0.638 bits per heavy atom. The van der Waals surface area contributed by atoms with E-state index in [-0.39, 0.29) is 88.7 Å². The molecule has 10 atom stereocenters. The summed E-state index contributed by atoms with van der Waals surface area (Å²) in [5, 5.41) is 57.8. The molecule has 2 aliphatic rings. The second-order valence-electron chi connectivity index (χ2n) is 11.9. The van der Waals surface area contributed by atoms with Gasteiger partial charge in [-0.05, 0) is 26.7 Å². The van der Waals surface area contributed by atoms with E-state index in [1.807, 2.05) is 0 Å². The van der Waals surface area contributed by atoms with Gasteiger partial charge < -0.3 is 65.3 Å². The maximum Gasteiger partial charge on any atom is 0.222 e. The maximum atomic E-state index is 13.0. The lowest BCUT2D eigenvalue weighted by Gasteiger charge is -2.39. The van der Waals surface area contributed by atoms with Crippen molar-refractivity contribution in [2.75, 3.05) is 46.4 Å². The fourth-order valence-electron chi connectivity index (χ4n) is 5.13. The number of unbranched alkanes of at least 4 members (excludes halogenated alkanes) is 1. The zero-order valence-electron chi connectivity index (χ0n) is 27.7. The van der Waals surface area contributed by atoms with Crippen molar-refractivity contribution in [2.45, 2.75) is 115 Å². The Morgan fingerprint density at radius 2 is 1.13 bits per heavy atom. The highest BCUT2D eigenvalue weighted by Crippen LogP contribution is 2.26. The van der Waals surface area contributed by atoms with Crippen LogP contribution in [-0.2, 0) is 38.1 Å². The zero-order chi connectivity index (χ0) is 35.1. The average Bonchev–Trinajstić information content (AvgIpc) is 3.05. The predicted octanol–water partition coefficient (Wildman–Crippen LogP) is -2.90. The van der Waals surface area contributed by atoms with E-state index < -0.39 is 61.2 Å². The molecule has 2 saturated heterocycles. The topological polar surface area (TPSA) is 246 Å². The first-order chi connectivity index (χ1) is 22.3. The fourth-order valence-corrected chi connectivity index (χ4v) is 5.13. The van der Waals surface area contributed by atoms with Crippen molar-refractivity contribution >= 4 is 23.6 Å². The summed E-state index contributed by atoms with van der Waals surface area (Å²) in [4.78, 5) is 50.9. The summed E-state index contributed by atoms with van der Waals surface area (Å²) in [5.41, 5.74) is 0. The van der Waals surface area contributed by atoms with Gasteiger partial charge >= 0.3 is 0 Å². The number of nitrogens with one attached hydrogen (secondary N) is 3. The SMILES string of the molecule is CNC(=O)CCCCC(=O)N(CCC(=O)NCCO[C@@H]1O[C@@H](C)[C@@H](O)[C@@H](C)[C@@H]1O)CCC(=O)NCCO[C@@H]1O[C@@H](C)[C@@H](O)[C@@H](O)[C@@H]1O. The molecule has 0 aliphatic carbocycles. The summed E-state index contributed by atoms with van der Waals surface area (Å²) in [5.74, 6) is -1.57. The minimum Gasteiger partial charge on any atom is -0.390 e. The van der Waals surface area contributed by atoms with Crippen molar-refractivity contribution in [1.29, 1.82) is 0 Å². The minimum atomic E-state index is -1.46. The van der Waals surface area contributed by atoms with E-state index in [1.165, 1.54) is 18.9 Å². The van der Waals surface area contributed by atoms with Gasteiger partial charge in [0.15, 0.2) is 12.6 Å². The second kappa shape index (κ2) is 20.8. The number of nitrogens with zero attached hydrogens (tertiary/aromatic N) is 1. The van der Waals surface area contributed by atoms with Crippen LogP contribution in [-0.4, -0.2) is 156 Å². The van der Waals surface area contributed by atoms with Gasteiger partial charge in [-0.25, -0.2) is 0 Å². The lowest BCUT2D eigenvalue weighted by molar-refractivity contribution is -0.292. The molecule has 2 fully saturated rings. The Labute approximate surface area is 275 Å². The number of aliphatic hydroxyl groups is 5. The molecule has 0 saturated carbocycles. The first-order valence-corrected chi connectivity index (χ1v) is 16.2. The highest BCUT2D eigenvalue weighted by Gasteiger charge is 2.42. The van der Waals surface area contributed by atoms with Crippen LogP contribution in [0.25, 0.3) is 0 Å². The molecule has 8 N–H and O–H groups in total. The Bertz CT molecular complexity index is 933. The highest BCUT2D eigenvalue weighted by molar-refractivity contribution is 5.80. The van der Waals surface area contributed by atoms with Gasteiger partial charge in [0.25, 0.3) is 0 Å². The van der Waals surface area contributed by atoms with E-state index in [0.717, 1.165) is 0 Å². The maximum absolute atomic E-state index is 13.0.